The van der Waals surface area contributed by atoms with E-state index in [0.29, 0.717) is 30.3 Å². The fraction of sp³-hybridized carbons (Fsp3) is 0.500. The summed E-state index contributed by atoms with van der Waals surface area (Å²) in [6, 6.07) is 4.78. The number of benzene rings is 1. The predicted molar refractivity (Wildman–Crippen MR) is 78.0 cm³/mol. The van der Waals surface area contributed by atoms with E-state index in [4.69, 9.17) is 15.4 Å². The first-order chi connectivity index (χ1) is 9.90. The lowest BCUT2D eigenvalue weighted by Gasteiger charge is -2.23. The molecule has 0 aromatic heterocycles. The Balaban J connectivity index is 1.79. The molecule has 1 atom stereocenters. The van der Waals surface area contributed by atoms with E-state index in [0.717, 1.165) is 12.8 Å². The molecule has 114 valence electrons. The summed E-state index contributed by atoms with van der Waals surface area (Å²) >= 11 is 0. The normalized spacial score (nSPS) is 20.8. The van der Waals surface area contributed by atoms with Crippen LogP contribution in [0.15, 0.2) is 23.1 Å². The molecule has 0 radical (unpaired) electrons. The van der Waals surface area contributed by atoms with Crippen LogP contribution in [0.3, 0.4) is 0 Å². The van der Waals surface area contributed by atoms with Crippen molar-refractivity contribution in [3.8, 4) is 5.75 Å². The van der Waals surface area contributed by atoms with Crippen molar-refractivity contribution < 1.29 is 17.9 Å². The van der Waals surface area contributed by atoms with Gasteiger partial charge in [-0.05, 0) is 43.5 Å². The van der Waals surface area contributed by atoms with Crippen molar-refractivity contribution in [3.63, 3.8) is 0 Å². The van der Waals surface area contributed by atoms with Gasteiger partial charge in [-0.3, -0.25) is 4.79 Å². The van der Waals surface area contributed by atoms with E-state index in [9.17, 15) is 13.2 Å². The first-order valence-electron chi connectivity index (χ1n) is 6.95. The molecule has 1 amide bonds. The van der Waals surface area contributed by atoms with Crippen LogP contribution in [-0.2, 0) is 20.3 Å². The maximum absolute atomic E-state index is 12.5. The number of hydrogen-bond acceptors (Lipinski definition) is 4. The molecule has 1 heterocycles. The van der Waals surface area contributed by atoms with Gasteiger partial charge in [0, 0.05) is 29.7 Å². The van der Waals surface area contributed by atoms with Gasteiger partial charge in [-0.15, -0.1) is 0 Å². The Kier molecular flexibility index (Phi) is 3.61. The molecular formula is C14H16ClNO4S. The van der Waals surface area contributed by atoms with E-state index in [-0.39, 0.29) is 10.8 Å². The van der Waals surface area contributed by atoms with Crippen LogP contribution in [0, 0.1) is 0 Å². The number of likely N-dealkylation sites (N-methyl/N-ethyl adjacent to an activating group) is 1. The quantitative estimate of drug-likeness (QED) is 0.792. The molecule has 7 heteroatoms. The fourth-order valence-corrected chi connectivity index (χ4v) is 3.48. The molecule has 1 fully saturated rings. The third-order valence-electron chi connectivity index (χ3n) is 3.87. The molecule has 1 aliphatic heterocycles. The summed E-state index contributed by atoms with van der Waals surface area (Å²) in [7, 11) is 1.57. The number of halogens is 1. The maximum Gasteiger partial charge on any atom is 0.264 e. The smallest absolute Gasteiger partial charge is 0.264 e. The van der Waals surface area contributed by atoms with Crippen LogP contribution in [0.2, 0.25) is 0 Å². The summed E-state index contributed by atoms with van der Waals surface area (Å²) in [6.45, 7) is 2.62. The third-order valence-corrected chi connectivity index (χ3v) is 5.23. The van der Waals surface area contributed by atoms with E-state index in [1.54, 1.807) is 6.07 Å². The second kappa shape index (κ2) is 5.18. The lowest BCUT2D eigenvalue weighted by molar-refractivity contribution is -0.138. The summed E-state index contributed by atoms with van der Waals surface area (Å²) < 4.78 is 28.4. The molecular weight excluding hydrogens is 314 g/mol. The van der Waals surface area contributed by atoms with E-state index in [1.165, 1.54) is 12.1 Å². The summed E-state index contributed by atoms with van der Waals surface area (Å²) in [4.78, 5) is 14.3. The minimum Gasteiger partial charge on any atom is -0.480 e. The van der Waals surface area contributed by atoms with Crippen molar-refractivity contribution in [1.82, 2.24) is 4.90 Å². The monoisotopic (exact) mass is 329 g/mol. The summed E-state index contributed by atoms with van der Waals surface area (Å²) in [5, 5.41) is 0. The van der Waals surface area contributed by atoms with Gasteiger partial charge < -0.3 is 9.64 Å². The average molecular weight is 330 g/mol. The molecule has 21 heavy (non-hydrogen) atoms. The van der Waals surface area contributed by atoms with Crippen molar-refractivity contribution in [1.29, 1.82) is 0 Å². The Bertz CT molecular complexity index is 684. The van der Waals surface area contributed by atoms with Crippen molar-refractivity contribution in [2.45, 2.75) is 43.2 Å². The molecule has 1 aromatic rings. The maximum atomic E-state index is 12.5. The molecule has 0 saturated heterocycles. The average Bonchev–Trinajstić information content (AvgIpc) is 3.16. The zero-order valence-corrected chi connectivity index (χ0v) is 13.2. The summed E-state index contributed by atoms with van der Waals surface area (Å²) in [5.41, 5.74) is 0.710. The number of fused-ring (bicyclic) bond motifs is 1. The highest BCUT2D eigenvalue weighted by molar-refractivity contribution is 8.13. The topological polar surface area (TPSA) is 63.7 Å². The molecule has 0 bridgehead atoms. The van der Waals surface area contributed by atoms with Crippen LogP contribution >= 0.6 is 10.7 Å². The lowest BCUT2D eigenvalue weighted by Crippen LogP contribution is -2.42. The Hall–Kier alpha value is -1.27. The van der Waals surface area contributed by atoms with Gasteiger partial charge >= 0.3 is 0 Å². The van der Waals surface area contributed by atoms with E-state index < -0.39 is 15.2 Å². The van der Waals surface area contributed by atoms with Crippen molar-refractivity contribution in [3.05, 3.63) is 23.8 Å². The first kappa shape index (κ1) is 14.7. The van der Waals surface area contributed by atoms with Crippen LogP contribution < -0.4 is 4.74 Å². The Labute approximate surface area is 128 Å². The largest absolute Gasteiger partial charge is 0.480 e. The van der Waals surface area contributed by atoms with E-state index >= 15 is 0 Å². The van der Waals surface area contributed by atoms with Crippen molar-refractivity contribution in [2.75, 3.05) is 6.54 Å². The molecule has 0 N–H and O–H groups in total. The van der Waals surface area contributed by atoms with Crippen LogP contribution in [0.5, 0.6) is 5.75 Å². The molecule has 3 rings (SSSR count). The van der Waals surface area contributed by atoms with Crippen LogP contribution in [0.25, 0.3) is 0 Å². The Morgan fingerprint density at radius 1 is 1.43 bits per heavy atom. The standard InChI is InChI=1S/C14H16ClNO4S/c1-2-16(10-3-4-10)14(17)13-8-9-7-11(21(15,18)19)5-6-12(9)20-13/h5-7,10,13H,2-4,8H2,1H3. The first-order valence-corrected chi connectivity index (χ1v) is 9.26. The highest BCUT2D eigenvalue weighted by Gasteiger charge is 2.38. The Morgan fingerprint density at radius 2 is 2.14 bits per heavy atom. The van der Waals surface area contributed by atoms with Gasteiger partial charge in [0.2, 0.25) is 0 Å². The molecule has 1 saturated carbocycles. The number of amides is 1. The number of hydrogen-bond donors (Lipinski definition) is 0. The second-order valence-corrected chi connectivity index (χ2v) is 7.94. The minimum atomic E-state index is -3.77. The zero-order chi connectivity index (χ0) is 15.2. The second-order valence-electron chi connectivity index (χ2n) is 5.37. The SMILES string of the molecule is CCN(C(=O)C1Cc2cc(S(=O)(=O)Cl)ccc2O1)C1CC1. The number of nitrogens with zero attached hydrogens (tertiary/aromatic N) is 1. The van der Waals surface area contributed by atoms with Gasteiger partial charge in [-0.1, -0.05) is 0 Å². The van der Waals surface area contributed by atoms with Gasteiger partial charge in [0.15, 0.2) is 6.10 Å². The van der Waals surface area contributed by atoms with Gasteiger partial charge in [-0.2, -0.15) is 0 Å². The molecule has 1 unspecified atom stereocenters. The van der Waals surface area contributed by atoms with Crippen LogP contribution in [0.4, 0.5) is 0 Å². The van der Waals surface area contributed by atoms with Crippen molar-refractivity contribution in [2.24, 2.45) is 0 Å². The highest BCUT2D eigenvalue weighted by atomic mass is 35.7. The van der Waals surface area contributed by atoms with Crippen LogP contribution in [0.1, 0.15) is 25.3 Å². The van der Waals surface area contributed by atoms with Crippen LogP contribution in [-0.4, -0.2) is 37.9 Å². The molecule has 5 nitrogen and oxygen atoms in total. The fourth-order valence-electron chi connectivity index (χ4n) is 2.68. The Morgan fingerprint density at radius 3 is 2.71 bits per heavy atom. The van der Waals surface area contributed by atoms with Crippen molar-refractivity contribution >= 4 is 25.6 Å². The summed E-state index contributed by atoms with van der Waals surface area (Å²) in [5.74, 6) is 0.538. The number of carbonyl (C=O) groups is 1. The van der Waals surface area contributed by atoms with E-state index in [1.807, 2.05) is 11.8 Å². The third kappa shape index (κ3) is 2.87. The number of rotatable bonds is 4. The van der Waals surface area contributed by atoms with Gasteiger partial charge in [-0.25, -0.2) is 8.42 Å². The summed E-state index contributed by atoms with van der Waals surface area (Å²) in [6.07, 6.45) is 1.92. The van der Waals surface area contributed by atoms with E-state index in [2.05, 4.69) is 0 Å². The zero-order valence-electron chi connectivity index (χ0n) is 11.6. The minimum absolute atomic E-state index is 0.0218. The molecule has 1 aliphatic carbocycles. The van der Waals surface area contributed by atoms with Gasteiger partial charge in [0.25, 0.3) is 15.0 Å². The lowest BCUT2D eigenvalue weighted by atomic mass is 10.1. The molecule has 2 aliphatic rings. The number of ether oxygens (including phenoxy) is 1. The van der Waals surface area contributed by atoms with Gasteiger partial charge in [0.1, 0.15) is 5.75 Å². The molecule has 1 aromatic carbocycles. The molecule has 0 spiro atoms. The number of carbonyl (C=O) groups excluding carboxylic acids is 1. The highest BCUT2D eigenvalue weighted by Crippen LogP contribution is 2.34. The predicted octanol–water partition coefficient (Wildman–Crippen LogP) is 1.93. The van der Waals surface area contributed by atoms with Gasteiger partial charge in [0.05, 0.1) is 4.90 Å².